The number of anilines is 1. The molecule has 0 unspecified atom stereocenters. The number of carbonyl (C=O) groups is 1. The van der Waals surface area contributed by atoms with Crippen molar-refractivity contribution < 1.29 is 4.79 Å². The fourth-order valence-electron chi connectivity index (χ4n) is 1.39. The van der Waals surface area contributed by atoms with Crippen molar-refractivity contribution in [2.45, 2.75) is 32.2 Å². The van der Waals surface area contributed by atoms with Gasteiger partial charge in [-0.3, -0.25) is 4.79 Å². The summed E-state index contributed by atoms with van der Waals surface area (Å²) in [5, 5.41) is 12.2. The van der Waals surface area contributed by atoms with Crippen LogP contribution in [-0.2, 0) is 0 Å². The molecule has 5 nitrogen and oxygen atoms in total. The first-order valence-electron chi connectivity index (χ1n) is 5.57. The summed E-state index contributed by atoms with van der Waals surface area (Å²) in [5.41, 5.74) is 0. The molecule has 0 radical (unpaired) electrons. The third kappa shape index (κ3) is 2.49. The number of hydrogen-bond acceptors (Lipinski definition) is 5. The van der Waals surface area contributed by atoms with Gasteiger partial charge in [-0.05, 0) is 19.3 Å². The summed E-state index contributed by atoms with van der Waals surface area (Å²) in [6.45, 7) is 2.95. The number of nitrogens with zero attached hydrogens (tertiary/aromatic N) is 3. The maximum Gasteiger partial charge on any atom is 0.284 e. The van der Waals surface area contributed by atoms with Gasteiger partial charge in [0.05, 0.1) is 0 Å². The Hall–Kier alpha value is -1.17. The van der Waals surface area contributed by atoms with E-state index in [0.717, 1.165) is 30.9 Å². The zero-order valence-electron chi connectivity index (χ0n) is 9.56. The third-order valence-corrected chi connectivity index (χ3v) is 3.42. The topological polar surface area (TPSA) is 58.1 Å². The number of carbonyl (C=O) groups excluding carboxylic acids is 1. The van der Waals surface area contributed by atoms with E-state index in [0.29, 0.717) is 11.0 Å². The van der Waals surface area contributed by atoms with Crippen molar-refractivity contribution in [2.24, 2.45) is 0 Å². The molecule has 1 aromatic rings. The zero-order valence-corrected chi connectivity index (χ0v) is 10.4. The second kappa shape index (κ2) is 4.78. The molecule has 16 heavy (non-hydrogen) atoms. The van der Waals surface area contributed by atoms with Crippen molar-refractivity contribution in [3.8, 4) is 0 Å². The first kappa shape index (κ1) is 11.3. The minimum Gasteiger partial charge on any atom is -0.360 e. The Bertz CT molecular complexity index is 375. The first-order valence-corrected chi connectivity index (χ1v) is 6.38. The second-order valence-electron chi connectivity index (χ2n) is 3.99. The molecule has 1 amide bonds. The maximum absolute atomic E-state index is 11.9. The number of rotatable bonds is 5. The van der Waals surface area contributed by atoms with Crippen LogP contribution in [0.25, 0.3) is 0 Å². The van der Waals surface area contributed by atoms with E-state index in [4.69, 9.17) is 0 Å². The van der Waals surface area contributed by atoms with Gasteiger partial charge in [-0.25, -0.2) is 0 Å². The fraction of sp³-hybridized carbons (Fsp3) is 0.700. The van der Waals surface area contributed by atoms with Crippen molar-refractivity contribution in [2.75, 3.05) is 18.9 Å². The minimum atomic E-state index is -0.00968. The Morgan fingerprint density at radius 2 is 2.31 bits per heavy atom. The molecule has 6 heteroatoms. The average molecular weight is 240 g/mol. The zero-order chi connectivity index (χ0) is 11.5. The van der Waals surface area contributed by atoms with Crippen LogP contribution in [0.1, 0.15) is 36.0 Å². The van der Waals surface area contributed by atoms with Gasteiger partial charge in [0.25, 0.3) is 5.91 Å². The van der Waals surface area contributed by atoms with Crippen LogP contribution in [0.4, 0.5) is 5.13 Å². The summed E-state index contributed by atoms with van der Waals surface area (Å²) in [5.74, 6) is -0.00968. The smallest absolute Gasteiger partial charge is 0.284 e. The molecule has 1 heterocycles. The lowest BCUT2D eigenvalue weighted by molar-refractivity contribution is 0.0784. The molecular formula is C10H16N4OS. The predicted molar refractivity (Wildman–Crippen MR) is 63.8 cm³/mol. The van der Waals surface area contributed by atoms with E-state index in [1.165, 1.54) is 11.3 Å². The van der Waals surface area contributed by atoms with Crippen molar-refractivity contribution in [1.82, 2.24) is 15.1 Å². The molecular weight excluding hydrogens is 224 g/mol. The van der Waals surface area contributed by atoms with Crippen LogP contribution in [0.5, 0.6) is 0 Å². The number of amides is 1. The lowest BCUT2D eigenvalue weighted by atomic mass is 10.5. The molecule has 0 aliphatic heterocycles. The molecule has 0 aromatic carbocycles. The van der Waals surface area contributed by atoms with Gasteiger partial charge in [0.15, 0.2) is 0 Å². The quantitative estimate of drug-likeness (QED) is 0.849. The Morgan fingerprint density at radius 3 is 2.94 bits per heavy atom. The molecule has 88 valence electrons. The summed E-state index contributed by atoms with van der Waals surface area (Å²) in [7, 11) is 1.83. The second-order valence-corrected chi connectivity index (χ2v) is 4.96. The lowest BCUT2D eigenvalue weighted by Crippen LogP contribution is -2.28. The maximum atomic E-state index is 11.9. The molecule has 0 spiro atoms. The van der Waals surface area contributed by atoms with Crippen LogP contribution >= 0.6 is 11.3 Å². The summed E-state index contributed by atoms with van der Waals surface area (Å²) in [6, 6.07) is 0.420. The van der Waals surface area contributed by atoms with Crippen molar-refractivity contribution in [3.05, 3.63) is 5.01 Å². The number of aromatic nitrogens is 2. The van der Waals surface area contributed by atoms with Gasteiger partial charge < -0.3 is 10.2 Å². The van der Waals surface area contributed by atoms with Crippen LogP contribution in [-0.4, -0.2) is 40.6 Å². The molecule has 1 aliphatic carbocycles. The Morgan fingerprint density at radius 1 is 1.56 bits per heavy atom. The number of hydrogen-bond donors (Lipinski definition) is 1. The van der Waals surface area contributed by atoms with E-state index in [1.54, 1.807) is 4.90 Å². The highest BCUT2D eigenvalue weighted by molar-refractivity contribution is 7.17. The van der Waals surface area contributed by atoms with Crippen LogP contribution in [0.3, 0.4) is 0 Å². The Labute approximate surface area is 98.9 Å². The van der Waals surface area contributed by atoms with E-state index in [9.17, 15) is 4.79 Å². The van der Waals surface area contributed by atoms with Crippen molar-refractivity contribution in [3.63, 3.8) is 0 Å². The highest BCUT2D eigenvalue weighted by Crippen LogP contribution is 2.27. The van der Waals surface area contributed by atoms with Crippen LogP contribution in [0.2, 0.25) is 0 Å². The van der Waals surface area contributed by atoms with Gasteiger partial charge >= 0.3 is 0 Å². The SMILES string of the molecule is CCCNc1nnc(C(=O)N(C)C2CC2)s1. The van der Waals surface area contributed by atoms with Crippen LogP contribution < -0.4 is 5.32 Å². The Balaban J connectivity index is 1.97. The largest absolute Gasteiger partial charge is 0.360 e. The normalized spacial score (nSPS) is 14.9. The van der Waals surface area contributed by atoms with Gasteiger partial charge in [0, 0.05) is 19.6 Å². The van der Waals surface area contributed by atoms with E-state index in [1.807, 2.05) is 7.05 Å². The molecule has 0 saturated heterocycles. The molecule has 2 rings (SSSR count). The summed E-state index contributed by atoms with van der Waals surface area (Å²) >= 11 is 1.33. The van der Waals surface area contributed by atoms with Gasteiger partial charge in [-0.1, -0.05) is 18.3 Å². The van der Waals surface area contributed by atoms with E-state index < -0.39 is 0 Å². The van der Waals surface area contributed by atoms with Gasteiger partial charge in [0.2, 0.25) is 10.1 Å². The van der Waals surface area contributed by atoms with Gasteiger partial charge in [0.1, 0.15) is 0 Å². The van der Waals surface area contributed by atoms with E-state index in [2.05, 4.69) is 22.4 Å². The van der Waals surface area contributed by atoms with E-state index >= 15 is 0 Å². The molecule has 0 bridgehead atoms. The summed E-state index contributed by atoms with van der Waals surface area (Å²) in [6.07, 6.45) is 3.26. The average Bonchev–Trinajstić information content (AvgIpc) is 3.04. The number of nitrogens with one attached hydrogen (secondary N) is 1. The Kier molecular flexibility index (Phi) is 3.38. The minimum absolute atomic E-state index is 0.00968. The highest BCUT2D eigenvalue weighted by atomic mass is 32.1. The van der Waals surface area contributed by atoms with E-state index in [-0.39, 0.29) is 5.91 Å². The third-order valence-electron chi connectivity index (χ3n) is 2.55. The van der Waals surface area contributed by atoms with Crippen LogP contribution in [0.15, 0.2) is 0 Å². The molecule has 0 atom stereocenters. The molecule has 1 N–H and O–H groups in total. The van der Waals surface area contributed by atoms with Gasteiger partial charge in [-0.2, -0.15) is 0 Å². The molecule has 1 aliphatic rings. The van der Waals surface area contributed by atoms with Crippen molar-refractivity contribution >= 4 is 22.4 Å². The van der Waals surface area contributed by atoms with Crippen molar-refractivity contribution in [1.29, 1.82) is 0 Å². The fourth-order valence-corrected chi connectivity index (χ4v) is 2.14. The summed E-state index contributed by atoms with van der Waals surface area (Å²) < 4.78 is 0. The lowest BCUT2D eigenvalue weighted by Gasteiger charge is -2.13. The molecule has 1 aromatic heterocycles. The predicted octanol–water partition coefficient (Wildman–Crippen LogP) is 1.59. The summed E-state index contributed by atoms with van der Waals surface area (Å²) in [4.78, 5) is 13.7. The van der Waals surface area contributed by atoms with Gasteiger partial charge in [-0.15, -0.1) is 10.2 Å². The standard InChI is InChI=1S/C10H16N4OS/c1-3-6-11-10-13-12-8(16-10)9(15)14(2)7-4-5-7/h7H,3-6H2,1-2H3,(H,11,13). The van der Waals surface area contributed by atoms with Crippen LogP contribution in [0, 0.1) is 0 Å². The molecule has 1 fully saturated rings. The highest BCUT2D eigenvalue weighted by Gasteiger charge is 2.31. The first-order chi connectivity index (χ1) is 7.72. The molecule has 1 saturated carbocycles. The monoisotopic (exact) mass is 240 g/mol.